The van der Waals surface area contributed by atoms with E-state index < -0.39 is 5.82 Å². The van der Waals surface area contributed by atoms with E-state index in [1.807, 2.05) is 0 Å². The van der Waals surface area contributed by atoms with E-state index in [9.17, 15) is 9.50 Å². The van der Waals surface area contributed by atoms with Crippen LogP contribution in [0, 0.1) is 12.7 Å². The molecule has 2 aromatic carbocycles. The van der Waals surface area contributed by atoms with Crippen LogP contribution in [0.1, 0.15) is 18.9 Å². The third-order valence-electron chi connectivity index (χ3n) is 4.56. The maximum absolute atomic E-state index is 14.3. The van der Waals surface area contributed by atoms with Crippen LogP contribution in [-0.2, 0) is 0 Å². The van der Waals surface area contributed by atoms with Crippen molar-refractivity contribution in [2.45, 2.75) is 20.3 Å². The zero-order valence-corrected chi connectivity index (χ0v) is 16.8. The zero-order chi connectivity index (χ0) is 20.8. The molecule has 29 heavy (non-hydrogen) atoms. The molecule has 0 amide bonds. The van der Waals surface area contributed by atoms with Crippen molar-refractivity contribution < 1.29 is 19.0 Å². The van der Waals surface area contributed by atoms with Crippen molar-refractivity contribution in [3.8, 4) is 17.2 Å². The number of aromatic hydroxyl groups is 1. The number of halogens is 1. The molecule has 3 rings (SSSR count). The zero-order valence-electron chi connectivity index (χ0n) is 16.8. The van der Waals surface area contributed by atoms with Gasteiger partial charge in [-0.15, -0.1) is 0 Å². The summed E-state index contributed by atoms with van der Waals surface area (Å²) in [4.78, 5) is 8.54. The molecule has 0 spiro atoms. The summed E-state index contributed by atoms with van der Waals surface area (Å²) < 4.78 is 25.6. The van der Waals surface area contributed by atoms with Gasteiger partial charge in [-0.05, 0) is 44.6 Å². The van der Waals surface area contributed by atoms with Crippen LogP contribution >= 0.6 is 0 Å². The number of hydrogen-bond acceptors (Lipinski definition) is 7. The Kier molecular flexibility index (Phi) is 6.66. The van der Waals surface area contributed by atoms with Crippen molar-refractivity contribution in [2.24, 2.45) is 0 Å². The van der Waals surface area contributed by atoms with Gasteiger partial charge in [0.1, 0.15) is 23.7 Å². The minimum atomic E-state index is -0.486. The smallest absolute Gasteiger partial charge is 0.163 e. The standard InChI is InChI=1S/C21H25FN4O3/c1-4-23-8-5-9-29-19-11-16-14(10-18(19)28-3)21(25-12-24-16)26-20-13(2)17(27)7-6-15(20)22/h6-7,10-12,23,27H,4-5,8-9H2,1-3H3,(H,24,25,26). The van der Waals surface area contributed by atoms with Crippen LogP contribution in [0.5, 0.6) is 17.2 Å². The van der Waals surface area contributed by atoms with Crippen molar-refractivity contribution >= 4 is 22.4 Å². The summed E-state index contributed by atoms with van der Waals surface area (Å²) in [5, 5.41) is 16.8. The lowest BCUT2D eigenvalue weighted by Crippen LogP contribution is -2.16. The molecule has 1 aromatic heterocycles. The van der Waals surface area contributed by atoms with E-state index in [4.69, 9.17) is 9.47 Å². The van der Waals surface area contributed by atoms with Crippen molar-refractivity contribution in [1.82, 2.24) is 15.3 Å². The minimum Gasteiger partial charge on any atom is -0.508 e. The first-order valence-electron chi connectivity index (χ1n) is 9.46. The first kappa shape index (κ1) is 20.6. The number of methoxy groups -OCH3 is 1. The number of fused-ring (bicyclic) bond motifs is 1. The summed E-state index contributed by atoms with van der Waals surface area (Å²) in [7, 11) is 1.56. The maximum atomic E-state index is 14.3. The average Bonchev–Trinajstić information content (AvgIpc) is 2.73. The van der Waals surface area contributed by atoms with Gasteiger partial charge in [0.2, 0.25) is 0 Å². The van der Waals surface area contributed by atoms with E-state index in [-0.39, 0.29) is 11.4 Å². The van der Waals surface area contributed by atoms with Gasteiger partial charge in [0.05, 0.1) is 24.9 Å². The first-order chi connectivity index (χ1) is 14.0. The molecule has 3 aromatic rings. The average molecular weight is 400 g/mol. The molecule has 3 N–H and O–H groups in total. The van der Waals surface area contributed by atoms with E-state index in [1.165, 1.54) is 18.5 Å². The predicted octanol–water partition coefficient (Wildman–Crippen LogP) is 3.91. The molecule has 0 saturated heterocycles. The Hall–Kier alpha value is -3.13. The monoisotopic (exact) mass is 400 g/mol. The fraction of sp³-hybridized carbons (Fsp3) is 0.333. The van der Waals surface area contributed by atoms with E-state index in [2.05, 4.69) is 27.5 Å². The molecule has 0 saturated carbocycles. The Morgan fingerprint density at radius 1 is 1.17 bits per heavy atom. The van der Waals surface area contributed by atoms with Crippen LogP contribution in [0.15, 0.2) is 30.6 Å². The highest BCUT2D eigenvalue weighted by atomic mass is 19.1. The second-order valence-corrected chi connectivity index (χ2v) is 6.49. The number of aromatic nitrogens is 2. The number of phenols is 1. The summed E-state index contributed by atoms with van der Waals surface area (Å²) in [6.45, 7) is 6.02. The Morgan fingerprint density at radius 2 is 2.00 bits per heavy atom. The predicted molar refractivity (Wildman–Crippen MR) is 111 cm³/mol. The highest BCUT2D eigenvalue weighted by Gasteiger charge is 2.15. The molecule has 7 nitrogen and oxygen atoms in total. The molecule has 0 aliphatic carbocycles. The fourth-order valence-corrected chi connectivity index (χ4v) is 2.93. The number of hydrogen-bond donors (Lipinski definition) is 3. The van der Waals surface area contributed by atoms with Gasteiger partial charge in [-0.2, -0.15) is 0 Å². The number of rotatable bonds is 9. The van der Waals surface area contributed by atoms with Crippen LogP contribution in [0.3, 0.4) is 0 Å². The van der Waals surface area contributed by atoms with Gasteiger partial charge in [0.25, 0.3) is 0 Å². The van der Waals surface area contributed by atoms with Gasteiger partial charge in [-0.3, -0.25) is 0 Å². The summed E-state index contributed by atoms with van der Waals surface area (Å²) in [5.74, 6) is 1.03. The largest absolute Gasteiger partial charge is 0.508 e. The van der Waals surface area contributed by atoms with Crippen LogP contribution in [-0.4, -0.2) is 41.9 Å². The molecular formula is C21H25FN4O3. The van der Waals surface area contributed by atoms with Gasteiger partial charge in [-0.1, -0.05) is 6.92 Å². The topological polar surface area (TPSA) is 88.5 Å². The lowest BCUT2D eigenvalue weighted by Gasteiger charge is -2.15. The van der Waals surface area contributed by atoms with E-state index in [0.717, 1.165) is 19.5 Å². The second-order valence-electron chi connectivity index (χ2n) is 6.49. The van der Waals surface area contributed by atoms with E-state index in [1.54, 1.807) is 26.2 Å². The number of anilines is 2. The molecule has 8 heteroatoms. The molecule has 0 aliphatic heterocycles. The SMILES string of the molecule is CCNCCCOc1cc2ncnc(Nc3c(F)ccc(O)c3C)c2cc1OC. The Labute approximate surface area is 168 Å². The van der Waals surface area contributed by atoms with E-state index in [0.29, 0.717) is 40.4 Å². The summed E-state index contributed by atoms with van der Waals surface area (Å²) in [6, 6.07) is 6.05. The number of phenolic OH excluding ortho intramolecular Hbond substituents is 1. The summed E-state index contributed by atoms with van der Waals surface area (Å²) in [6.07, 6.45) is 2.25. The molecule has 0 atom stereocenters. The fourth-order valence-electron chi connectivity index (χ4n) is 2.93. The lowest BCUT2D eigenvalue weighted by atomic mass is 10.1. The van der Waals surface area contributed by atoms with E-state index >= 15 is 0 Å². The number of nitrogens with zero attached hydrogens (tertiary/aromatic N) is 2. The minimum absolute atomic E-state index is 0.00177. The van der Waals surface area contributed by atoms with Crippen molar-refractivity contribution in [2.75, 3.05) is 32.1 Å². The summed E-state index contributed by atoms with van der Waals surface area (Å²) >= 11 is 0. The van der Waals surface area contributed by atoms with Gasteiger partial charge in [0.15, 0.2) is 11.5 Å². The second kappa shape index (κ2) is 9.38. The molecule has 0 fully saturated rings. The quantitative estimate of drug-likeness (QED) is 0.469. The van der Waals surface area contributed by atoms with Gasteiger partial charge in [-0.25, -0.2) is 14.4 Å². The molecule has 0 bridgehead atoms. The normalized spacial score (nSPS) is 10.9. The highest BCUT2D eigenvalue weighted by molar-refractivity contribution is 5.93. The van der Waals surface area contributed by atoms with Gasteiger partial charge in [0, 0.05) is 17.0 Å². The Balaban J connectivity index is 1.92. The van der Waals surface area contributed by atoms with Crippen LogP contribution in [0.25, 0.3) is 10.9 Å². The third-order valence-corrected chi connectivity index (χ3v) is 4.56. The van der Waals surface area contributed by atoms with Crippen molar-refractivity contribution in [3.63, 3.8) is 0 Å². The number of nitrogens with one attached hydrogen (secondary N) is 2. The Morgan fingerprint density at radius 3 is 2.76 bits per heavy atom. The van der Waals surface area contributed by atoms with Crippen LogP contribution < -0.4 is 20.1 Å². The molecule has 0 radical (unpaired) electrons. The maximum Gasteiger partial charge on any atom is 0.163 e. The molecular weight excluding hydrogens is 375 g/mol. The molecule has 154 valence electrons. The highest BCUT2D eigenvalue weighted by Crippen LogP contribution is 2.36. The van der Waals surface area contributed by atoms with Crippen molar-refractivity contribution in [3.05, 3.63) is 42.0 Å². The third kappa shape index (κ3) is 4.65. The molecule has 0 aliphatic rings. The Bertz CT molecular complexity index is 997. The van der Waals surface area contributed by atoms with Gasteiger partial charge >= 0.3 is 0 Å². The number of ether oxygens (including phenoxy) is 2. The lowest BCUT2D eigenvalue weighted by molar-refractivity contribution is 0.288. The van der Waals surface area contributed by atoms with Crippen LogP contribution in [0.4, 0.5) is 15.9 Å². The van der Waals surface area contributed by atoms with Gasteiger partial charge < -0.3 is 25.2 Å². The van der Waals surface area contributed by atoms with Crippen LogP contribution in [0.2, 0.25) is 0 Å². The number of benzene rings is 2. The molecule has 0 unspecified atom stereocenters. The summed E-state index contributed by atoms with van der Waals surface area (Å²) in [5.41, 5.74) is 1.18. The molecule has 1 heterocycles. The first-order valence-corrected chi connectivity index (χ1v) is 9.46. The van der Waals surface area contributed by atoms with Crippen molar-refractivity contribution in [1.29, 1.82) is 0 Å².